The SMILES string of the molecule is O=C(O)C[C@@H]1C=CC[C@@H]1OCc1ccccc1. The van der Waals surface area contributed by atoms with Crippen LogP contribution in [-0.4, -0.2) is 17.2 Å². The van der Waals surface area contributed by atoms with Gasteiger partial charge >= 0.3 is 5.97 Å². The highest BCUT2D eigenvalue weighted by molar-refractivity contribution is 5.67. The third kappa shape index (κ3) is 3.43. The van der Waals surface area contributed by atoms with Crippen LogP contribution >= 0.6 is 0 Å². The van der Waals surface area contributed by atoms with E-state index in [-0.39, 0.29) is 18.4 Å². The standard InChI is InChI=1S/C14H16O3/c15-14(16)9-12-7-4-8-13(12)17-10-11-5-2-1-3-6-11/h1-7,12-13H,8-10H2,(H,15,16)/t12-,13-/m0/s1. The second-order valence-electron chi connectivity index (χ2n) is 4.26. The molecule has 90 valence electrons. The van der Waals surface area contributed by atoms with Crippen LogP contribution in [0.25, 0.3) is 0 Å². The maximum atomic E-state index is 10.7. The van der Waals surface area contributed by atoms with Crippen LogP contribution in [0.4, 0.5) is 0 Å². The van der Waals surface area contributed by atoms with Crippen molar-refractivity contribution in [2.75, 3.05) is 0 Å². The van der Waals surface area contributed by atoms with Gasteiger partial charge in [-0.2, -0.15) is 0 Å². The summed E-state index contributed by atoms with van der Waals surface area (Å²) >= 11 is 0. The summed E-state index contributed by atoms with van der Waals surface area (Å²) in [6.45, 7) is 0.545. The number of ether oxygens (including phenoxy) is 1. The van der Waals surface area contributed by atoms with E-state index >= 15 is 0 Å². The molecule has 0 amide bonds. The second-order valence-corrected chi connectivity index (χ2v) is 4.26. The summed E-state index contributed by atoms with van der Waals surface area (Å²) in [5.74, 6) is -0.758. The van der Waals surface area contributed by atoms with Crippen LogP contribution in [0.1, 0.15) is 18.4 Å². The fourth-order valence-corrected chi connectivity index (χ4v) is 2.06. The summed E-state index contributed by atoms with van der Waals surface area (Å²) in [6.07, 6.45) is 4.92. The number of carboxylic acid groups (broad SMARTS) is 1. The maximum absolute atomic E-state index is 10.7. The van der Waals surface area contributed by atoms with Crippen LogP contribution in [0.15, 0.2) is 42.5 Å². The summed E-state index contributed by atoms with van der Waals surface area (Å²) in [5, 5.41) is 8.79. The molecule has 0 bridgehead atoms. The summed E-state index contributed by atoms with van der Waals surface area (Å²) in [5.41, 5.74) is 1.12. The average Bonchev–Trinajstić information content (AvgIpc) is 2.74. The molecule has 3 nitrogen and oxygen atoms in total. The van der Waals surface area contributed by atoms with Gasteiger partial charge in [-0.1, -0.05) is 42.5 Å². The predicted octanol–water partition coefficient (Wildman–Crippen LogP) is 2.62. The number of aliphatic carboxylic acids is 1. The fraction of sp³-hybridized carbons (Fsp3) is 0.357. The number of rotatable bonds is 5. The minimum absolute atomic E-state index is 0.00584. The lowest BCUT2D eigenvalue weighted by molar-refractivity contribution is -0.138. The van der Waals surface area contributed by atoms with Crippen molar-refractivity contribution in [1.29, 1.82) is 0 Å². The molecule has 1 aromatic carbocycles. The molecule has 1 aliphatic rings. The monoisotopic (exact) mass is 232 g/mol. The number of hydrogen-bond donors (Lipinski definition) is 1. The molecule has 0 fully saturated rings. The molecule has 0 unspecified atom stereocenters. The number of carboxylic acids is 1. The normalized spacial score (nSPS) is 22.8. The zero-order valence-corrected chi connectivity index (χ0v) is 9.58. The minimum Gasteiger partial charge on any atom is -0.481 e. The Labute approximate surface area is 101 Å². The Balaban J connectivity index is 1.85. The topological polar surface area (TPSA) is 46.5 Å². The van der Waals surface area contributed by atoms with E-state index in [1.807, 2.05) is 42.5 Å². The molecule has 0 spiro atoms. The van der Waals surface area contributed by atoms with Gasteiger partial charge in [-0.15, -0.1) is 0 Å². The largest absolute Gasteiger partial charge is 0.481 e. The van der Waals surface area contributed by atoms with E-state index < -0.39 is 5.97 Å². The average molecular weight is 232 g/mol. The fourth-order valence-electron chi connectivity index (χ4n) is 2.06. The van der Waals surface area contributed by atoms with Crippen LogP contribution in [0, 0.1) is 5.92 Å². The van der Waals surface area contributed by atoms with Crippen LogP contribution in [0.3, 0.4) is 0 Å². The van der Waals surface area contributed by atoms with Gasteiger partial charge < -0.3 is 9.84 Å². The van der Waals surface area contributed by atoms with Gasteiger partial charge in [-0.3, -0.25) is 4.79 Å². The van der Waals surface area contributed by atoms with Gasteiger partial charge in [-0.25, -0.2) is 0 Å². The van der Waals surface area contributed by atoms with E-state index in [1.54, 1.807) is 0 Å². The first-order valence-corrected chi connectivity index (χ1v) is 5.79. The first-order valence-electron chi connectivity index (χ1n) is 5.79. The molecule has 0 saturated heterocycles. The van der Waals surface area contributed by atoms with Crippen molar-refractivity contribution in [3.8, 4) is 0 Å². The van der Waals surface area contributed by atoms with E-state index in [4.69, 9.17) is 9.84 Å². The molecule has 2 rings (SSSR count). The van der Waals surface area contributed by atoms with Gasteiger partial charge in [0, 0.05) is 5.92 Å². The third-order valence-corrected chi connectivity index (χ3v) is 2.95. The van der Waals surface area contributed by atoms with E-state index in [1.165, 1.54) is 0 Å². The molecule has 0 radical (unpaired) electrons. The number of benzene rings is 1. The molecule has 0 aliphatic heterocycles. The van der Waals surface area contributed by atoms with Gasteiger partial charge in [0.25, 0.3) is 0 Å². The van der Waals surface area contributed by atoms with E-state index in [9.17, 15) is 4.79 Å². The number of carbonyl (C=O) groups is 1. The van der Waals surface area contributed by atoms with Crippen molar-refractivity contribution < 1.29 is 14.6 Å². The molecule has 0 heterocycles. The molecule has 1 N–H and O–H groups in total. The van der Waals surface area contributed by atoms with Crippen LogP contribution in [-0.2, 0) is 16.1 Å². The highest BCUT2D eigenvalue weighted by atomic mass is 16.5. The van der Waals surface area contributed by atoms with Gasteiger partial charge in [-0.05, 0) is 12.0 Å². The first kappa shape index (κ1) is 11.9. The quantitative estimate of drug-likeness (QED) is 0.794. The Kier molecular flexibility index (Phi) is 3.94. The van der Waals surface area contributed by atoms with Crippen LogP contribution < -0.4 is 0 Å². The Morgan fingerprint density at radius 2 is 2.12 bits per heavy atom. The predicted molar refractivity (Wildman–Crippen MR) is 64.5 cm³/mol. The summed E-state index contributed by atoms with van der Waals surface area (Å²) < 4.78 is 5.78. The second kappa shape index (κ2) is 5.64. The summed E-state index contributed by atoms with van der Waals surface area (Å²) in [6, 6.07) is 9.93. The van der Waals surface area contributed by atoms with Crippen molar-refractivity contribution in [2.24, 2.45) is 5.92 Å². The number of hydrogen-bond acceptors (Lipinski definition) is 2. The van der Waals surface area contributed by atoms with Crippen molar-refractivity contribution in [3.63, 3.8) is 0 Å². The highest BCUT2D eigenvalue weighted by Gasteiger charge is 2.25. The third-order valence-electron chi connectivity index (χ3n) is 2.95. The Morgan fingerprint density at radius 3 is 2.82 bits per heavy atom. The Bertz CT molecular complexity index is 397. The first-order chi connectivity index (χ1) is 8.25. The zero-order chi connectivity index (χ0) is 12.1. The molecular weight excluding hydrogens is 216 g/mol. The van der Waals surface area contributed by atoms with Gasteiger partial charge in [0.15, 0.2) is 0 Å². The highest BCUT2D eigenvalue weighted by Crippen LogP contribution is 2.25. The summed E-state index contributed by atoms with van der Waals surface area (Å²) in [7, 11) is 0. The smallest absolute Gasteiger partial charge is 0.304 e. The van der Waals surface area contributed by atoms with E-state index in [0.29, 0.717) is 6.61 Å². The van der Waals surface area contributed by atoms with Crippen molar-refractivity contribution in [2.45, 2.75) is 25.6 Å². The van der Waals surface area contributed by atoms with Crippen LogP contribution in [0.2, 0.25) is 0 Å². The van der Waals surface area contributed by atoms with E-state index in [2.05, 4.69) is 0 Å². The summed E-state index contributed by atoms with van der Waals surface area (Å²) in [4.78, 5) is 10.7. The van der Waals surface area contributed by atoms with Gasteiger partial charge in [0.05, 0.1) is 19.1 Å². The molecule has 2 atom stereocenters. The molecule has 3 heteroatoms. The van der Waals surface area contributed by atoms with E-state index in [0.717, 1.165) is 12.0 Å². The van der Waals surface area contributed by atoms with Crippen LogP contribution in [0.5, 0.6) is 0 Å². The zero-order valence-electron chi connectivity index (χ0n) is 9.58. The Morgan fingerprint density at radius 1 is 1.35 bits per heavy atom. The van der Waals surface area contributed by atoms with Gasteiger partial charge in [0.2, 0.25) is 0 Å². The van der Waals surface area contributed by atoms with Crippen molar-refractivity contribution in [3.05, 3.63) is 48.0 Å². The molecule has 0 aromatic heterocycles. The van der Waals surface area contributed by atoms with Crippen molar-refractivity contribution in [1.82, 2.24) is 0 Å². The Hall–Kier alpha value is -1.61. The lowest BCUT2D eigenvalue weighted by atomic mass is 10.0. The minimum atomic E-state index is -0.769. The lowest BCUT2D eigenvalue weighted by Gasteiger charge is -2.18. The molecule has 17 heavy (non-hydrogen) atoms. The van der Waals surface area contributed by atoms with Crippen molar-refractivity contribution >= 4 is 5.97 Å². The molecule has 0 saturated carbocycles. The molecule has 1 aromatic rings. The maximum Gasteiger partial charge on any atom is 0.304 e. The molecule has 1 aliphatic carbocycles. The lowest BCUT2D eigenvalue weighted by Crippen LogP contribution is -2.21. The molecular formula is C14H16O3. The van der Waals surface area contributed by atoms with Gasteiger partial charge in [0.1, 0.15) is 0 Å².